The second-order valence-electron chi connectivity index (χ2n) is 2.81. The van der Waals surface area contributed by atoms with E-state index in [2.05, 4.69) is 22.6 Å². The van der Waals surface area contributed by atoms with Crippen molar-refractivity contribution in [3.8, 4) is 6.07 Å². The lowest BCUT2D eigenvalue weighted by Crippen LogP contribution is -2.00. The minimum absolute atomic E-state index is 0.0505. The van der Waals surface area contributed by atoms with Crippen molar-refractivity contribution in [1.82, 2.24) is 0 Å². The van der Waals surface area contributed by atoms with Crippen molar-refractivity contribution in [3.05, 3.63) is 32.4 Å². The van der Waals surface area contributed by atoms with Gasteiger partial charge in [-0.3, -0.25) is 4.79 Å². The number of rotatable bonds is 1. The fraction of sp³-hybridized carbons (Fsp3) is 0.200. The Balaban J connectivity index is 3.50. The number of aryl methyl sites for hydroxylation is 1. The van der Waals surface area contributed by atoms with Crippen molar-refractivity contribution in [2.45, 2.75) is 13.8 Å². The maximum atomic E-state index is 11.2. The van der Waals surface area contributed by atoms with E-state index < -0.39 is 0 Å². The smallest absolute Gasteiger partial charge is 0.161 e. The van der Waals surface area contributed by atoms with E-state index in [1.807, 2.05) is 19.1 Å². The summed E-state index contributed by atoms with van der Waals surface area (Å²) in [5.74, 6) is -0.0505. The van der Waals surface area contributed by atoms with Crippen molar-refractivity contribution < 1.29 is 4.79 Å². The molecular formula is C10H8INO. The van der Waals surface area contributed by atoms with Gasteiger partial charge in [0, 0.05) is 9.13 Å². The molecule has 1 rings (SSSR count). The Bertz CT molecular complexity index is 404. The monoisotopic (exact) mass is 285 g/mol. The molecule has 0 amide bonds. The van der Waals surface area contributed by atoms with Crippen LogP contribution in [0.2, 0.25) is 0 Å². The third-order valence-electron chi connectivity index (χ3n) is 1.77. The average molecular weight is 285 g/mol. The number of carbonyl (C=O) groups is 1. The summed E-state index contributed by atoms with van der Waals surface area (Å²) in [7, 11) is 0. The molecule has 13 heavy (non-hydrogen) atoms. The number of ketones is 1. The number of halogens is 1. The van der Waals surface area contributed by atoms with Gasteiger partial charge in [0.05, 0.1) is 11.6 Å². The predicted octanol–water partition coefficient (Wildman–Crippen LogP) is 2.67. The number of nitrogens with zero attached hydrogens (tertiary/aromatic N) is 1. The molecule has 0 aliphatic heterocycles. The maximum Gasteiger partial charge on any atom is 0.161 e. The predicted molar refractivity (Wildman–Crippen MR) is 58.6 cm³/mol. The molecule has 2 nitrogen and oxygen atoms in total. The summed E-state index contributed by atoms with van der Waals surface area (Å²) in [6.07, 6.45) is 0. The molecule has 3 heteroatoms. The fourth-order valence-electron chi connectivity index (χ4n) is 1.30. The summed E-state index contributed by atoms with van der Waals surface area (Å²) in [4.78, 5) is 11.2. The number of carbonyl (C=O) groups excluding carboxylic acids is 1. The summed E-state index contributed by atoms with van der Waals surface area (Å²) < 4.78 is 0.983. The number of Topliss-reactive ketones (excluding diaryl/α,β-unsaturated/α-hetero) is 1. The van der Waals surface area contributed by atoms with Gasteiger partial charge in [-0.1, -0.05) is 0 Å². The van der Waals surface area contributed by atoms with E-state index in [9.17, 15) is 4.79 Å². The van der Waals surface area contributed by atoms with Crippen LogP contribution >= 0.6 is 22.6 Å². The number of hydrogen-bond acceptors (Lipinski definition) is 2. The lowest BCUT2D eigenvalue weighted by atomic mass is 10.00. The highest BCUT2D eigenvalue weighted by molar-refractivity contribution is 14.1. The Hall–Kier alpha value is -0.890. The van der Waals surface area contributed by atoms with Crippen LogP contribution < -0.4 is 0 Å². The van der Waals surface area contributed by atoms with E-state index in [4.69, 9.17) is 5.26 Å². The van der Waals surface area contributed by atoms with Gasteiger partial charge in [0.15, 0.2) is 5.78 Å². The van der Waals surface area contributed by atoms with E-state index in [1.165, 1.54) is 6.92 Å². The van der Waals surface area contributed by atoms with Crippen LogP contribution in [0.3, 0.4) is 0 Å². The first-order valence-electron chi connectivity index (χ1n) is 3.77. The Kier molecular flexibility index (Phi) is 3.04. The number of nitriles is 1. The fourth-order valence-corrected chi connectivity index (χ4v) is 2.08. The van der Waals surface area contributed by atoms with E-state index in [1.54, 1.807) is 6.07 Å². The van der Waals surface area contributed by atoms with E-state index in [-0.39, 0.29) is 5.78 Å². The van der Waals surface area contributed by atoms with Gasteiger partial charge in [-0.2, -0.15) is 5.26 Å². The Labute approximate surface area is 90.7 Å². The number of benzene rings is 1. The van der Waals surface area contributed by atoms with Gasteiger partial charge in [0.25, 0.3) is 0 Å². The molecule has 66 valence electrons. The van der Waals surface area contributed by atoms with Crippen molar-refractivity contribution in [2.24, 2.45) is 0 Å². The van der Waals surface area contributed by atoms with E-state index in [0.717, 1.165) is 9.13 Å². The van der Waals surface area contributed by atoms with Crippen LogP contribution in [0, 0.1) is 21.8 Å². The topological polar surface area (TPSA) is 40.9 Å². The molecule has 0 saturated heterocycles. The molecule has 0 spiro atoms. The molecule has 0 saturated carbocycles. The van der Waals surface area contributed by atoms with Crippen molar-refractivity contribution in [2.75, 3.05) is 0 Å². The van der Waals surface area contributed by atoms with Crippen LogP contribution in [0.4, 0.5) is 0 Å². The molecule has 1 aromatic carbocycles. The molecule has 0 atom stereocenters. The second kappa shape index (κ2) is 3.88. The van der Waals surface area contributed by atoms with Crippen molar-refractivity contribution in [1.29, 1.82) is 5.26 Å². The lowest BCUT2D eigenvalue weighted by molar-refractivity contribution is 0.101. The minimum atomic E-state index is -0.0505. The van der Waals surface area contributed by atoms with Crippen LogP contribution in [-0.4, -0.2) is 5.78 Å². The summed E-state index contributed by atoms with van der Waals surface area (Å²) in [6, 6.07) is 5.66. The second-order valence-corrected chi connectivity index (χ2v) is 4.06. The normalized spacial score (nSPS) is 9.38. The first-order chi connectivity index (χ1) is 6.06. The average Bonchev–Trinajstić information content (AvgIpc) is 2.01. The van der Waals surface area contributed by atoms with Crippen LogP contribution in [0.5, 0.6) is 0 Å². The third kappa shape index (κ3) is 2.07. The zero-order chi connectivity index (χ0) is 10.0. The molecule has 0 bridgehead atoms. The van der Waals surface area contributed by atoms with E-state index in [0.29, 0.717) is 11.1 Å². The minimum Gasteiger partial charge on any atom is -0.294 e. The molecule has 0 aliphatic carbocycles. The third-order valence-corrected chi connectivity index (χ3v) is 2.40. The first-order valence-corrected chi connectivity index (χ1v) is 4.85. The standard InChI is InChI=1S/C10H8INO/c1-6-3-9(11)4-8(5-12)10(6)7(2)13/h3-4H,1-2H3. The largest absolute Gasteiger partial charge is 0.294 e. The van der Waals surface area contributed by atoms with Crippen LogP contribution in [0.15, 0.2) is 12.1 Å². The molecule has 0 N–H and O–H groups in total. The van der Waals surface area contributed by atoms with Gasteiger partial charge < -0.3 is 0 Å². The zero-order valence-corrected chi connectivity index (χ0v) is 9.55. The molecule has 0 radical (unpaired) electrons. The Morgan fingerprint density at radius 3 is 2.62 bits per heavy atom. The van der Waals surface area contributed by atoms with Crippen molar-refractivity contribution in [3.63, 3.8) is 0 Å². The van der Waals surface area contributed by atoms with Gasteiger partial charge in [-0.25, -0.2) is 0 Å². The van der Waals surface area contributed by atoms with Gasteiger partial charge in [-0.15, -0.1) is 0 Å². The molecule has 0 aliphatic rings. The quantitative estimate of drug-likeness (QED) is 0.588. The van der Waals surface area contributed by atoms with Crippen LogP contribution in [0.1, 0.15) is 28.4 Å². The highest BCUT2D eigenvalue weighted by Crippen LogP contribution is 2.18. The first kappa shape index (κ1) is 10.2. The zero-order valence-electron chi connectivity index (χ0n) is 7.39. The van der Waals surface area contributed by atoms with Crippen LogP contribution in [-0.2, 0) is 0 Å². The molecule has 0 unspecified atom stereocenters. The Morgan fingerprint density at radius 2 is 2.15 bits per heavy atom. The van der Waals surface area contributed by atoms with Gasteiger partial charge >= 0.3 is 0 Å². The SMILES string of the molecule is CC(=O)c1c(C)cc(I)cc1C#N. The van der Waals surface area contributed by atoms with Gasteiger partial charge in [0.2, 0.25) is 0 Å². The molecular weight excluding hydrogens is 277 g/mol. The number of hydrogen-bond donors (Lipinski definition) is 0. The maximum absolute atomic E-state index is 11.2. The van der Waals surface area contributed by atoms with Gasteiger partial charge in [0.1, 0.15) is 0 Å². The van der Waals surface area contributed by atoms with E-state index >= 15 is 0 Å². The Morgan fingerprint density at radius 1 is 1.54 bits per heavy atom. The highest BCUT2D eigenvalue weighted by Gasteiger charge is 2.10. The lowest BCUT2D eigenvalue weighted by Gasteiger charge is -2.04. The van der Waals surface area contributed by atoms with Crippen molar-refractivity contribution >= 4 is 28.4 Å². The van der Waals surface area contributed by atoms with Gasteiger partial charge in [-0.05, 0) is 54.1 Å². The summed E-state index contributed by atoms with van der Waals surface area (Å²) in [5.41, 5.74) is 1.88. The molecule has 1 aromatic rings. The van der Waals surface area contributed by atoms with Crippen LogP contribution in [0.25, 0.3) is 0 Å². The molecule has 0 aromatic heterocycles. The summed E-state index contributed by atoms with van der Waals surface area (Å²) in [6.45, 7) is 3.33. The summed E-state index contributed by atoms with van der Waals surface area (Å²) in [5, 5.41) is 8.81. The summed E-state index contributed by atoms with van der Waals surface area (Å²) >= 11 is 2.13. The molecule has 0 heterocycles. The highest BCUT2D eigenvalue weighted by atomic mass is 127. The molecule has 0 fully saturated rings.